The van der Waals surface area contributed by atoms with Crippen LogP contribution in [0, 0.1) is 23.4 Å². The lowest BCUT2D eigenvalue weighted by molar-refractivity contribution is -0.124. The zero-order chi connectivity index (χ0) is 16.2. The summed E-state index contributed by atoms with van der Waals surface area (Å²) >= 11 is 0. The van der Waals surface area contributed by atoms with E-state index in [1.165, 1.54) is 7.05 Å². The van der Waals surface area contributed by atoms with E-state index in [2.05, 4.69) is 5.32 Å². The van der Waals surface area contributed by atoms with Gasteiger partial charge < -0.3 is 10.2 Å². The molecule has 21 heavy (non-hydrogen) atoms. The van der Waals surface area contributed by atoms with E-state index in [0.29, 0.717) is 12.1 Å². The Balaban J connectivity index is 2.69. The van der Waals surface area contributed by atoms with Crippen molar-refractivity contribution in [2.45, 2.75) is 13.8 Å². The summed E-state index contributed by atoms with van der Waals surface area (Å²) in [6, 6.07) is 0.898. The number of carbonyl (C=O) groups is 2. The SMILES string of the molecule is CC(C)C(=O)NCCN(C)C(=O)c1c(F)cc(F)cc1F. The van der Waals surface area contributed by atoms with Gasteiger partial charge in [0.1, 0.15) is 23.0 Å². The zero-order valence-corrected chi connectivity index (χ0v) is 12.0. The van der Waals surface area contributed by atoms with Gasteiger partial charge in [-0.25, -0.2) is 13.2 Å². The van der Waals surface area contributed by atoms with Gasteiger partial charge in [-0.05, 0) is 0 Å². The Bertz CT molecular complexity index is 524. The Labute approximate surface area is 120 Å². The van der Waals surface area contributed by atoms with Gasteiger partial charge >= 0.3 is 0 Å². The van der Waals surface area contributed by atoms with E-state index in [0.717, 1.165) is 4.90 Å². The molecule has 0 saturated heterocycles. The Morgan fingerprint density at radius 3 is 2.19 bits per heavy atom. The van der Waals surface area contributed by atoms with Crippen LogP contribution in [-0.2, 0) is 4.79 Å². The van der Waals surface area contributed by atoms with Crippen LogP contribution in [0.2, 0.25) is 0 Å². The highest BCUT2D eigenvalue weighted by atomic mass is 19.1. The summed E-state index contributed by atoms with van der Waals surface area (Å²) in [5.41, 5.74) is -0.811. The summed E-state index contributed by atoms with van der Waals surface area (Å²) in [4.78, 5) is 24.3. The maximum absolute atomic E-state index is 13.5. The van der Waals surface area contributed by atoms with Crippen molar-refractivity contribution in [2.75, 3.05) is 20.1 Å². The van der Waals surface area contributed by atoms with Crippen LogP contribution in [0.15, 0.2) is 12.1 Å². The predicted molar refractivity (Wildman–Crippen MR) is 71.1 cm³/mol. The second-order valence-electron chi connectivity index (χ2n) is 4.92. The third-order valence-corrected chi connectivity index (χ3v) is 2.84. The molecule has 0 radical (unpaired) electrons. The summed E-state index contributed by atoms with van der Waals surface area (Å²) in [5.74, 6) is -4.89. The van der Waals surface area contributed by atoms with Gasteiger partial charge in [0, 0.05) is 38.2 Å². The maximum atomic E-state index is 13.5. The fourth-order valence-electron chi connectivity index (χ4n) is 1.59. The van der Waals surface area contributed by atoms with Crippen LogP contribution in [0.5, 0.6) is 0 Å². The van der Waals surface area contributed by atoms with Gasteiger partial charge in [-0.2, -0.15) is 0 Å². The van der Waals surface area contributed by atoms with Gasteiger partial charge in [0.15, 0.2) is 0 Å². The third-order valence-electron chi connectivity index (χ3n) is 2.84. The first kappa shape index (κ1) is 17.0. The van der Waals surface area contributed by atoms with E-state index in [9.17, 15) is 22.8 Å². The first-order valence-electron chi connectivity index (χ1n) is 6.41. The molecule has 0 fully saturated rings. The van der Waals surface area contributed by atoms with Crippen molar-refractivity contribution in [3.63, 3.8) is 0 Å². The van der Waals surface area contributed by atoms with Gasteiger partial charge in [0.05, 0.1) is 0 Å². The Morgan fingerprint density at radius 2 is 1.71 bits per heavy atom. The smallest absolute Gasteiger partial charge is 0.259 e. The van der Waals surface area contributed by atoms with E-state index in [1.807, 2.05) is 0 Å². The molecule has 0 aliphatic carbocycles. The van der Waals surface area contributed by atoms with Gasteiger partial charge in [-0.3, -0.25) is 9.59 Å². The molecule has 1 N–H and O–H groups in total. The second kappa shape index (κ2) is 7.10. The molecule has 1 aromatic rings. The van der Waals surface area contributed by atoms with E-state index in [1.54, 1.807) is 13.8 Å². The largest absolute Gasteiger partial charge is 0.354 e. The van der Waals surface area contributed by atoms with Crippen LogP contribution < -0.4 is 5.32 Å². The first-order valence-corrected chi connectivity index (χ1v) is 6.41. The van der Waals surface area contributed by atoms with Gasteiger partial charge in [0.25, 0.3) is 5.91 Å². The lowest BCUT2D eigenvalue weighted by atomic mass is 10.1. The Kier molecular flexibility index (Phi) is 5.75. The van der Waals surface area contributed by atoms with Gasteiger partial charge in [-0.1, -0.05) is 13.8 Å². The number of benzene rings is 1. The van der Waals surface area contributed by atoms with E-state index in [-0.39, 0.29) is 24.9 Å². The number of rotatable bonds is 5. The molecular weight excluding hydrogens is 285 g/mol. The van der Waals surface area contributed by atoms with Crippen LogP contribution in [0.3, 0.4) is 0 Å². The van der Waals surface area contributed by atoms with Crippen molar-refractivity contribution in [1.29, 1.82) is 0 Å². The average molecular weight is 302 g/mol. The highest BCUT2D eigenvalue weighted by Gasteiger charge is 2.22. The molecule has 0 aliphatic rings. The number of nitrogens with one attached hydrogen (secondary N) is 1. The normalized spacial score (nSPS) is 10.6. The van der Waals surface area contributed by atoms with Crippen LogP contribution in [0.4, 0.5) is 13.2 Å². The molecule has 0 saturated carbocycles. The molecule has 0 unspecified atom stereocenters. The second-order valence-corrected chi connectivity index (χ2v) is 4.92. The van der Waals surface area contributed by atoms with Crippen molar-refractivity contribution >= 4 is 11.8 Å². The van der Waals surface area contributed by atoms with Gasteiger partial charge in [0.2, 0.25) is 5.91 Å². The highest BCUT2D eigenvalue weighted by molar-refractivity contribution is 5.94. The van der Waals surface area contributed by atoms with E-state index in [4.69, 9.17) is 0 Å². The quantitative estimate of drug-likeness (QED) is 0.904. The molecule has 7 heteroatoms. The van der Waals surface area contributed by atoms with Crippen molar-refractivity contribution in [3.05, 3.63) is 35.1 Å². The number of hydrogen-bond acceptors (Lipinski definition) is 2. The van der Waals surface area contributed by atoms with Crippen molar-refractivity contribution in [3.8, 4) is 0 Å². The number of hydrogen-bond donors (Lipinski definition) is 1. The van der Waals surface area contributed by atoms with Crippen molar-refractivity contribution in [2.24, 2.45) is 5.92 Å². The minimum absolute atomic E-state index is 0.0769. The van der Waals surface area contributed by atoms with Crippen LogP contribution in [-0.4, -0.2) is 36.9 Å². The summed E-state index contributed by atoms with van der Waals surface area (Å²) in [6.45, 7) is 3.66. The molecule has 0 atom stereocenters. The van der Waals surface area contributed by atoms with E-state index < -0.39 is 28.9 Å². The molecule has 0 aliphatic heterocycles. The number of halogens is 3. The molecule has 4 nitrogen and oxygen atoms in total. The molecule has 1 rings (SSSR count). The number of nitrogens with zero attached hydrogens (tertiary/aromatic N) is 1. The minimum Gasteiger partial charge on any atom is -0.354 e. The molecule has 116 valence electrons. The predicted octanol–water partition coefficient (Wildman–Crippen LogP) is 1.95. The third kappa shape index (κ3) is 4.47. The molecular formula is C14H17F3N2O2. The fraction of sp³-hybridized carbons (Fsp3) is 0.429. The topological polar surface area (TPSA) is 49.4 Å². The Hall–Kier alpha value is -2.05. The zero-order valence-electron chi connectivity index (χ0n) is 12.0. The van der Waals surface area contributed by atoms with Gasteiger partial charge in [-0.15, -0.1) is 0 Å². The summed E-state index contributed by atoms with van der Waals surface area (Å²) < 4.78 is 39.7. The summed E-state index contributed by atoms with van der Waals surface area (Å²) in [7, 11) is 1.34. The molecule has 2 amide bonds. The monoisotopic (exact) mass is 302 g/mol. The van der Waals surface area contributed by atoms with Crippen LogP contribution in [0.25, 0.3) is 0 Å². The molecule has 0 bridgehead atoms. The van der Waals surface area contributed by atoms with Crippen molar-refractivity contribution in [1.82, 2.24) is 10.2 Å². The summed E-state index contributed by atoms with van der Waals surface area (Å²) in [5, 5.41) is 2.58. The molecule has 0 spiro atoms. The lowest BCUT2D eigenvalue weighted by Gasteiger charge is -2.18. The standard InChI is InChI=1S/C14H17F3N2O2/c1-8(2)13(20)18-4-5-19(3)14(21)12-10(16)6-9(15)7-11(12)17/h6-8H,4-5H2,1-3H3,(H,18,20). The van der Waals surface area contributed by atoms with Crippen LogP contribution in [0.1, 0.15) is 24.2 Å². The molecule has 0 heterocycles. The number of carbonyl (C=O) groups excluding carboxylic acids is 2. The lowest BCUT2D eigenvalue weighted by Crippen LogP contribution is -2.38. The number of likely N-dealkylation sites (N-methyl/N-ethyl adjacent to an activating group) is 1. The molecule has 0 aromatic heterocycles. The maximum Gasteiger partial charge on any atom is 0.259 e. The van der Waals surface area contributed by atoms with Crippen LogP contribution >= 0.6 is 0 Å². The van der Waals surface area contributed by atoms with E-state index >= 15 is 0 Å². The summed E-state index contributed by atoms with van der Waals surface area (Å²) in [6.07, 6.45) is 0. The Morgan fingerprint density at radius 1 is 1.19 bits per heavy atom. The average Bonchev–Trinajstić information content (AvgIpc) is 2.36. The number of amides is 2. The fourth-order valence-corrected chi connectivity index (χ4v) is 1.59. The first-order chi connectivity index (χ1) is 9.73. The highest BCUT2D eigenvalue weighted by Crippen LogP contribution is 2.16. The molecule has 1 aromatic carbocycles. The van der Waals surface area contributed by atoms with Crippen molar-refractivity contribution < 1.29 is 22.8 Å². The minimum atomic E-state index is -1.25.